The predicted molar refractivity (Wildman–Crippen MR) is 73.2 cm³/mol. The minimum Gasteiger partial charge on any atom is -0.392 e. The number of aromatic nitrogens is 2. The number of hydrogen-bond donors (Lipinski definition) is 2. The molecule has 0 saturated heterocycles. The fraction of sp³-hybridized carbons (Fsp3) is 0.667. The molecule has 6 nitrogen and oxygen atoms in total. The van der Waals surface area contributed by atoms with Gasteiger partial charge in [0, 0.05) is 0 Å². The van der Waals surface area contributed by atoms with Crippen molar-refractivity contribution in [1.82, 2.24) is 15.5 Å². The summed E-state index contributed by atoms with van der Waals surface area (Å²) >= 11 is 5.10. The summed E-state index contributed by atoms with van der Waals surface area (Å²) in [4.78, 5) is 16.7. The van der Waals surface area contributed by atoms with Crippen LogP contribution in [0.2, 0.25) is 0 Å². The summed E-state index contributed by atoms with van der Waals surface area (Å²) in [6.45, 7) is 1.94. The van der Waals surface area contributed by atoms with Gasteiger partial charge >= 0.3 is 0 Å². The average molecular weight is 282 g/mol. The normalized spacial score (nSPS) is 17.9. The van der Waals surface area contributed by atoms with E-state index in [0.717, 1.165) is 32.1 Å². The van der Waals surface area contributed by atoms with Crippen molar-refractivity contribution in [2.75, 3.05) is 0 Å². The minimum atomic E-state index is -0.706. The van der Waals surface area contributed by atoms with Crippen LogP contribution in [0.25, 0.3) is 0 Å². The zero-order valence-corrected chi connectivity index (χ0v) is 11.8. The lowest BCUT2D eigenvalue weighted by Crippen LogP contribution is -2.49. The van der Waals surface area contributed by atoms with E-state index in [9.17, 15) is 4.79 Å². The van der Waals surface area contributed by atoms with Crippen LogP contribution in [0.3, 0.4) is 0 Å². The van der Waals surface area contributed by atoms with Crippen molar-refractivity contribution < 1.29 is 9.32 Å². The molecule has 3 N–H and O–H groups in total. The molecule has 2 rings (SSSR count). The molecule has 0 aliphatic heterocycles. The Balaban J connectivity index is 2.02. The van der Waals surface area contributed by atoms with Crippen molar-refractivity contribution >= 4 is 23.1 Å². The van der Waals surface area contributed by atoms with E-state index < -0.39 is 5.41 Å². The summed E-state index contributed by atoms with van der Waals surface area (Å²) in [6, 6.07) is 0. The molecule has 1 aromatic rings. The van der Waals surface area contributed by atoms with Gasteiger partial charge in [-0.2, -0.15) is 4.98 Å². The number of hydrogen-bond acceptors (Lipinski definition) is 5. The standard InChI is InChI=1S/C12H18N4O2S/c1-8-15-9(18-16-8)7-14-11(17)12(10(13)19)5-3-2-4-6-12/h2-7H2,1H3,(H2,13,19)(H,14,17). The topological polar surface area (TPSA) is 94.0 Å². The lowest BCUT2D eigenvalue weighted by molar-refractivity contribution is -0.129. The second-order valence-electron chi connectivity index (χ2n) is 4.93. The van der Waals surface area contributed by atoms with Crippen LogP contribution in [0.1, 0.15) is 43.8 Å². The number of amides is 1. The Morgan fingerprint density at radius 3 is 2.68 bits per heavy atom. The monoisotopic (exact) mass is 282 g/mol. The molecule has 1 saturated carbocycles. The molecule has 0 spiro atoms. The first-order valence-electron chi connectivity index (χ1n) is 6.42. The maximum Gasteiger partial charge on any atom is 0.246 e. The summed E-state index contributed by atoms with van der Waals surface area (Å²) in [6.07, 6.45) is 4.52. The van der Waals surface area contributed by atoms with Crippen LogP contribution in [-0.2, 0) is 11.3 Å². The van der Waals surface area contributed by atoms with E-state index in [1.165, 1.54) is 0 Å². The van der Waals surface area contributed by atoms with Gasteiger partial charge in [0.15, 0.2) is 5.82 Å². The molecular weight excluding hydrogens is 264 g/mol. The second-order valence-corrected chi connectivity index (χ2v) is 5.36. The number of nitrogens with one attached hydrogen (secondary N) is 1. The van der Waals surface area contributed by atoms with Gasteiger partial charge in [-0.25, -0.2) is 0 Å². The van der Waals surface area contributed by atoms with Crippen LogP contribution < -0.4 is 11.1 Å². The van der Waals surface area contributed by atoms with Gasteiger partial charge in [0.2, 0.25) is 11.8 Å². The highest BCUT2D eigenvalue weighted by atomic mass is 32.1. The molecule has 0 radical (unpaired) electrons. The summed E-state index contributed by atoms with van der Waals surface area (Å²) in [5, 5.41) is 6.47. The Bertz CT molecular complexity index is 480. The number of aryl methyl sites for hydroxylation is 1. The van der Waals surface area contributed by atoms with Crippen molar-refractivity contribution in [1.29, 1.82) is 0 Å². The van der Waals surface area contributed by atoms with Crippen molar-refractivity contribution in [2.24, 2.45) is 11.1 Å². The molecule has 1 aromatic heterocycles. The molecule has 19 heavy (non-hydrogen) atoms. The number of rotatable bonds is 4. The van der Waals surface area contributed by atoms with Gasteiger partial charge in [0.05, 0.1) is 16.9 Å². The first-order chi connectivity index (χ1) is 9.04. The number of nitrogens with zero attached hydrogens (tertiary/aromatic N) is 2. The summed E-state index contributed by atoms with van der Waals surface area (Å²) in [7, 11) is 0. The molecule has 7 heteroatoms. The van der Waals surface area contributed by atoms with Crippen LogP contribution in [-0.4, -0.2) is 21.0 Å². The molecule has 0 atom stereocenters. The number of carbonyl (C=O) groups is 1. The Morgan fingerprint density at radius 2 is 2.16 bits per heavy atom. The molecule has 0 aromatic carbocycles. The van der Waals surface area contributed by atoms with Crippen molar-refractivity contribution in [3.05, 3.63) is 11.7 Å². The molecule has 1 aliphatic carbocycles. The highest BCUT2D eigenvalue weighted by molar-refractivity contribution is 7.80. The maximum absolute atomic E-state index is 12.4. The van der Waals surface area contributed by atoms with Gasteiger partial charge in [-0.1, -0.05) is 36.6 Å². The van der Waals surface area contributed by atoms with Gasteiger partial charge in [-0.05, 0) is 19.8 Å². The zero-order chi connectivity index (χ0) is 13.9. The van der Waals surface area contributed by atoms with Crippen LogP contribution in [0.5, 0.6) is 0 Å². The van der Waals surface area contributed by atoms with Crippen molar-refractivity contribution in [2.45, 2.75) is 45.6 Å². The summed E-state index contributed by atoms with van der Waals surface area (Å²) < 4.78 is 4.96. The fourth-order valence-corrected chi connectivity index (χ4v) is 2.77. The first kappa shape index (κ1) is 13.9. The number of carbonyl (C=O) groups excluding carboxylic acids is 1. The van der Waals surface area contributed by atoms with Gasteiger partial charge in [-0.3, -0.25) is 4.79 Å². The molecule has 1 fully saturated rings. The molecule has 0 unspecified atom stereocenters. The molecule has 1 heterocycles. The molecule has 1 aliphatic rings. The van der Waals surface area contributed by atoms with E-state index in [-0.39, 0.29) is 17.4 Å². The second kappa shape index (κ2) is 5.64. The van der Waals surface area contributed by atoms with E-state index in [1.807, 2.05) is 0 Å². The van der Waals surface area contributed by atoms with E-state index in [0.29, 0.717) is 11.7 Å². The summed E-state index contributed by atoms with van der Waals surface area (Å²) in [5.41, 5.74) is 5.09. The van der Waals surface area contributed by atoms with Crippen LogP contribution in [0, 0.1) is 12.3 Å². The minimum absolute atomic E-state index is 0.129. The highest BCUT2D eigenvalue weighted by Gasteiger charge is 2.42. The van der Waals surface area contributed by atoms with Crippen LogP contribution in [0.4, 0.5) is 0 Å². The summed E-state index contributed by atoms with van der Waals surface area (Å²) in [5.74, 6) is 0.807. The van der Waals surface area contributed by atoms with Gasteiger partial charge in [0.25, 0.3) is 0 Å². The number of thiocarbonyl (C=S) groups is 1. The van der Waals surface area contributed by atoms with Crippen LogP contribution >= 0.6 is 12.2 Å². The predicted octanol–water partition coefficient (Wildman–Crippen LogP) is 1.23. The van der Waals surface area contributed by atoms with Crippen molar-refractivity contribution in [3.63, 3.8) is 0 Å². The molecular formula is C12H18N4O2S. The average Bonchev–Trinajstić information content (AvgIpc) is 2.82. The Labute approximate surface area is 117 Å². The van der Waals surface area contributed by atoms with Gasteiger partial charge < -0.3 is 15.6 Å². The van der Waals surface area contributed by atoms with Crippen molar-refractivity contribution in [3.8, 4) is 0 Å². The quantitative estimate of drug-likeness (QED) is 0.807. The molecule has 104 valence electrons. The zero-order valence-electron chi connectivity index (χ0n) is 10.9. The van der Waals surface area contributed by atoms with Gasteiger partial charge in [-0.15, -0.1) is 0 Å². The lowest BCUT2D eigenvalue weighted by atomic mass is 9.73. The van der Waals surface area contributed by atoms with E-state index in [4.69, 9.17) is 22.5 Å². The lowest BCUT2D eigenvalue weighted by Gasteiger charge is -2.34. The van der Waals surface area contributed by atoms with E-state index in [1.54, 1.807) is 6.92 Å². The smallest absolute Gasteiger partial charge is 0.246 e. The van der Waals surface area contributed by atoms with Gasteiger partial charge in [0.1, 0.15) is 0 Å². The SMILES string of the molecule is Cc1noc(CNC(=O)C2(C(N)=S)CCCCC2)n1. The maximum atomic E-state index is 12.4. The largest absolute Gasteiger partial charge is 0.392 e. The molecule has 1 amide bonds. The van der Waals surface area contributed by atoms with E-state index in [2.05, 4.69) is 15.5 Å². The third-order valence-corrected chi connectivity index (χ3v) is 3.97. The Morgan fingerprint density at radius 1 is 1.47 bits per heavy atom. The fourth-order valence-electron chi connectivity index (χ4n) is 2.48. The Kier molecular flexibility index (Phi) is 4.14. The Hall–Kier alpha value is -1.50. The number of nitrogens with two attached hydrogens (primary N) is 1. The first-order valence-corrected chi connectivity index (χ1v) is 6.83. The third-order valence-electron chi connectivity index (χ3n) is 3.58. The van der Waals surface area contributed by atoms with E-state index >= 15 is 0 Å². The van der Waals surface area contributed by atoms with Crippen LogP contribution in [0.15, 0.2) is 4.52 Å². The molecule has 0 bridgehead atoms. The third kappa shape index (κ3) is 2.91. The highest BCUT2D eigenvalue weighted by Crippen LogP contribution is 2.36.